The maximum absolute atomic E-state index is 13.0. The fourth-order valence-corrected chi connectivity index (χ4v) is 7.99. The summed E-state index contributed by atoms with van der Waals surface area (Å²) in [5.74, 6) is 1.11. The molecule has 2 aliphatic rings. The Hall–Kier alpha value is -3.12. The minimum Gasteiger partial charge on any atom is -0.434 e. The van der Waals surface area contributed by atoms with E-state index in [0.29, 0.717) is 42.4 Å². The lowest BCUT2D eigenvalue weighted by Crippen LogP contribution is -2.33. The molecule has 1 amide bonds. The molecule has 1 aliphatic carbocycles. The van der Waals surface area contributed by atoms with Crippen LogP contribution in [0.2, 0.25) is 0 Å². The number of rotatable bonds is 9. The third-order valence-corrected chi connectivity index (χ3v) is 10.9. The number of amides is 1. The molecule has 0 unspecified atom stereocenters. The Balaban J connectivity index is 1.58. The highest BCUT2D eigenvalue weighted by Crippen LogP contribution is 2.48. The van der Waals surface area contributed by atoms with Crippen LogP contribution in [0, 0.1) is 6.92 Å². The van der Waals surface area contributed by atoms with E-state index in [1.807, 2.05) is 37.3 Å². The van der Waals surface area contributed by atoms with Gasteiger partial charge in [-0.3, -0.25) is 4.31 Å². The fraction of sp³-hybridized carbons (Fsp3) is 0.481. The molecule has 1 saturated carbocycles. The number of benzene rings is 1. The van der Waals surface area contributed by atoms with E-state index in [4.69, 9.17) is 9.15 Å². The Morgan fingerprint density at radius 1 is 1.21 bits per heavy atom. The maximum atomic E-state index is 13.0. The molecule has 1 aliphatic heterocycles. The molecule has 1 atom stereocenters. The standard InChI is InChI=1S/C27H33N3O7S2/c1-17-8-10-19(11-9-17)23-24(37-27(31)28-2)22-16-21(18-12-13-18)25(29-26(22)36-23)30(38(3,32)33)14-4-6-20-7-5-15-39(20,34)35/h8-11,16,18,20H,4-7,12-15H2,1-3H3,(H,28,31)/t20-/m1/s1. The lowest BCUT2D eigenvalue weighted by Gasteiger charge is -2.24. The molecule has 5 rings (SSSR count). The molecule has 0 spiro atoms. The van der Waals surface area contributed by atoms with Gasteiger partial charge in [0.05, 0.1) is 22.6 Å². The molecule has 3 aromatic rings. The topological polar surface area (TPSA) is 136 Å². The number of sulfone groups is 1. The van der Waals surface area contributed by atoms with Crippen LogP contribution in [-0.2, 0) is 19.9 Å². The van der Waals surface area contributed by atoms with Gasteiger partial charge in [-0.2, -0.15) is 4.98 Å². The van der Waals surface area contributed by atoms with Gasteiger partial charge in [0.2, 0.25) is 15.7 Å². The zero-order chi connectivity index (χ0) is 27.9. The number of sulfonamides is 1. The molecule has 10 nitrogen and oxygen atoms in total. The number of carbonyl (C=O) groups excluding carboxylic acids is 1. The first kappa shape index (κ1) is 27.4. The number of pyridine rings is 1. The van der Waals surface area contributed by atoms with Crippen molar-refractivity contribution >= 4 is 42.9 Å². The van der Waals surface area contributed by atoms with Gasteiger partial charge in [-0.05, 0) is 63.0 Å². The van der Waals surface area contributed by atoms with Crippen molar-refractivity contribution in [3.8, 4) is 17.1 Å². The molecule has 210 valence electrons. The SMILES string of the molecule is CNC(=O)Oc1c(-c2ccc(C)cc2)oc2nc(N(CCC[C@@H]3CCCS3(=O)=O)S(C)(=O)=O)c(C3CC3)cc12. The van der Waals surface area contributed by atoms with Gasteiger partial charge in [0.25, 0.3) is 0 Å². The van der Waals surface area contributed by atoms with Gasteiger partial charge in [-0.1, -0.05) is 29.8 Å². The fourth-order valence-electron chi connectivity index (χ4n) is 5.12. The van der Waals surface area contributed by atoms with Gasteiger partial charge in [-0.25, -0.2) is 21.6 Å². The second-order valence-electron chi connectivity index (χ2n) is 10.4. The van der Waals surface area contributed by atoms with Gasteiger partial charge in [0, 0.05) is 19.2 Å². The molecule has 0 radical (unpaired) electrons. The van der Waals surface area contributed by atoms with Crippen LogP contribution in [0.3, 0.4) is 0 Å². The highest BCUT2D eigenvalue weighted by molar-refractivity contribution is 7.92. The zero-order valence-corrected chi connectivity index (χ0v) is 23.9. The van der Waals surface area contributed by atoms with Crippen molar-refractivity contribution in [2.24, 2.45) is 0 Å². The number of aromatic nitrogens is 1. The molecule has 1 N–H and O–H groups in total. The van der Waals surface area contributed by atoms with Gasteiger partial charge in [-0.15, -0.1) is 0 Å². The number of nitrogens with zero attached hydrogens (tertiary/aromatic N) is 2. The molecule has 39 heavy (non-hydrogen) atoms. The lowest BCUT2D eigenvalue weighted by atomic mass is 10.1. The summed E-state index contributed by atoms with van der Waals surface area (Å²) in [6, 6.07) is 9.35. The largest absolute Gasteiger partial charge is 0.434 e. The van der Waals surface area contributed by atoms with E-state index in [1.54, 1.807) is 0 Å². The smallest absolute Gasteiger partial charge is 0.412 e. The molecular weight excluding hydrogens is 542 g/mol. The third-order valence-electron chi connectivity index (χ3n) is 7.36. The minimum atomic E-state index is -3.74. The summed E-state index contributed by atoms with van der Waals surface area (Å²) in [7, 11) is -5.39. The molecular formula is C27H33N3O7S2. The number of carbonyl (C=O) groups is 1. The number of aryl methyl sites for hydroxylation is 1. The maximum Gasteiger partial charge on any atom is 0.412 e. The summed E-state index contributed by atoms with van der Waals surface area (Å²) in [5.41, 5.74) is 2.62. The second kappa shape index (κ2) is 10.5. The Kier molecular flexibility index (Phi) is 7.36. The number of hydrogen-bond acceptors (Lipinski definition) is 8. The monoisotopic (exact) mass is 575 g/mol. The summed E-state index contributed by atoms with van der Waals surface area (Å²) in [6.07, 6.45) is 4.27. The number of hydrogen-bond donors (Lipinski definition) is 1. The molecule has 3 heterocycles. The highest BCUT2D eigenvalue weighted by atomic mass is 32.2. The van der Waals surface area contributed by atoms with Crippen molar-refractivity contribution in [3.63, 3.8) is 0 Å². The van der Waals surface area contributed by atoms with Crippen LogP contribution < -0.4 is 14.4 Å². The Morgan fingerprint density at radius 2 is 1.92 bits per heavy atom. The number of nitrogens with one attached hydrogen (secondary N) is 1. The lowest BCUT2D eigenvalue weighted by molar-refractivity contribution is 0.203. The number of fused-ring (bicyclic) bond motifs is 1. The van der Waals surface area contributed by atoms with Crippen molar-refractivity contribution in [2.45, 2.75) is 56.6 Å². The molecule has 1 aromatic carbocycles. The number of furan rings is 1. The summed E-state index contributed by atoms with van der Waals surface area (Å²) in [5, 5.41) is 2.50. The van der Waals surface area contributed by atoms with E-state index in [1.165, 1.54) is 11.4 Å². The van der Waals surface area contributed by atoms with Gasteiger partial charge in [0.15, 0.2) is 21.3 Å². The third kappa shape index (κ3) is 5.76. The van der Waals surface area contributed by atoms with E-state index < -0.39 is 31.2 Å². The van der Waals surface area contributed by atoms with Gasteiger partial charge >= 0.3 is 6.09 Å². The summed E-state index contributed by atoms with van der Waals surface area (Å²) in [6.45, 7) is 2.07. The zero-order valence-electron chi connectivity index (χ0n) is 22.3. The summed E-state index contributed by atoms with van der Waals surface area (Å²) in [4.78, 5) is 16.9. The van der Waals surface area contributed by atoms with Gasteiger partial charge < -0.3 is 14.5 Å². The normalized spacial score (nSPS) is 18.8. The Bertz CT molecular complexity index is 1610. The molecule has 1 saturated heterocycles. The van der Waals surface area contributed by atoms with E-state index >= 15 is 0 Å². The first-order valence-corrected chi connectivity index (χ1v) is 16.7. The molecule has 12 heteroatoms. The first-order valence-electron chi connectivity index (χ1n) is 13.1. The Morgan fingerprint density at radius 3 is 2.51 bits per heavy atom. The predicted octanol–water partition coefficient (Wildman–Crippen LogP) is 4.52. The van der Waals surface area contributed by atoms with E-state index in [2.05, 4.69) is 10.3 Å². The molecule has 0 bridgehead atoms. The highest BCUT2D eigenvalue weighted by Gasteiger charge is 2.35. The van der Waals surface area contributed by atoms with Crippen LogP contribution >= 0.6 is 0 Å². The first-order chi connectivity index (χ1) is 18.5. The van der Waals surface area contributed by atoms with Gasteiger partial charge in [0.1, 0.15) is 5.82 Å². The number of anilines is 1. The van der Waals surface area contributed by atoms with Crippen molar-refractivity contribution < 1.29 is 30.8 Å². The predicted molar refractivity (Wildman–Crippen MR) is 149 cm³/mol. The second-order valence-corrected chi connectivity index (χ2v) is 14.7. The van der Waals surface area contributed by atoms with Crippen LogP contribution in [0.4, 0.5) is 10.6 Å². The number of ether oxygens (including phenoxy) is 1. The average molecular weight is 576 g/mol. The van der Waals surface area contributed by atoms with Crippen molar-refractivity contribution in [2.75, 3.05) is 29.9 Å². The average Bonchev–Trinajstić information content (AvgIpc) is 3.59. The molecule has 2 fully saturated rings. The summed E-state index contributed by atoms with van der Waals surface area (Å²) >= 11 is 0. The van der Waals surface area contributed by atoms with E-state index in [-0.39, 0.29) is 35.5 Å². The van der Waals surface area contributed by atoms with Crippen molar-refractivity contribution in [1.29, 1.82) is 0 Å². The quantitative estimate of drug-likeness (QED) is 0.393. The van der Waals surface area contributed by atoms with Crippen LogP contribution in [0.1, 0.15) is 55.6 Å². The van der Waals surface area contributed by atoms with E-state index in [0.717, 1.165) is 30.2 Å². The van der Waals surface area contributed by atoms with Crippen LogP contribution in [0.15, 0.2) is 34.7 Å². The van der Waals surface area contributed by atoms with Crippen LogP contribution in [0.25, 0.3) is 22.4 Å². The minimum absolute atomic E-state index is 0.107. The van der Waals surface area contributed by atoms with Crippen molar-refractivity contribution in [1.82, 2.24) is 10.3 Å². The summed E-state index contributed by atoms with van der Waals surface area (Å²) < 4.78 is 63.5. The molecule has 2 aromatic heterocycles. The Labute approximate surface area is 228 Å². The van der Waals surface area contributed by atoms with Crippen LogP contribution in [-0.4, -0.2) is 58.8 Å². The van der Waals surface area contributed by atoms with Crippen LogP contribution in [0.5, 0.6) is 5.75 Å². The van der Waals surface area contributed by atoms with Crippen molar-refractivity contribution in [3.05, 3.63) is 41.5 Å². The van der Waals surface area contributed by atoms with E-state index in [9.17, 15) is 21.6 Å².